The van der Waals surface area contributed by atoms with E-state index in [9.17, 15) is 4.79 Å². The molecule has 0 saturated heterocycles. The number of hydrogen-bond donors (Lipinski definition) is 1. The molecular formula is C11H10Cl2N4OS. The van der Waals surface area contributed by atoms with Gasteiger partial charge < -0.3 is 10.3 Å². The molecule has 2 aromatic rings. The first kappa shape index (κ1) is 14.2. The van der Waals surface area contributed by atoms with Gasteiger partial charge in [-0.05, 0) is 18.2 Å². The van der Waals surface area contributed by atoms with Gasteiger partial charge in [0.2, 0.25) is 5.91 Å². The Balaban J connectivity index is 2.30. The average Bonchev–Trinajstić information content (AvgIpc) is 2.72. The molecule has 0 aliphatic heterocycles. The molecule has 0 fully saturated rings. The molecule has 5 nitrogen and oxygen atoms in total. The molecule has 0 aliphatic carbocycles. The number of aromatic nitrogens is 3. The molecule has 2 N–H and O–H groups in total. The predicted molar refractivity (Wildman–Crippen MR) is 76.4 cm³/mol. The van der Waals surface area contributed by atoms with Crippen LogP contribution >= 0.6 is 35.0 Å². The summed E-state index contributed by atoms with van der Waals surface area (Å²) >= 11 is 13.1. The van der Waals surface area contributed by atoms with E-state index < -0.39 is 5.91 Å². The van der Waals surface area contributed by atoms with Gasteiger partial charge in [-0.15, -0.1) is 10.2 Å². The number of hydrogen-bond acceptors (Lipinski definition) is 4. The van der Waals surface area contributed by atoms with Crippen LogP contribution in [0.1, 0.15) is 0 Å². The molecule has 100 valence electrons. The number of benzene rings is 1. The molecule has 0 spiro atoms. The number of carbonyl (C=O) groups is 1. The zero-order valence-corrected chi connectivity index (χ0v) is 12.3. The normalized spacial score (nSPS) is 10.7. The molecule has 0 aliphatic rings. The van der Waals surface area contributed by atoms with Crippen LogP contribution in [0.2, 0.25) is 10.0 Å². The zero-order valence-electron chi connectivity index (χ0n) is 9.93. The number of carbonyl (C=O) groups excluding carboxylic acids is 1. The maximum absolute atomic E-state index is 10.8. The number of thioether (sulfide) groups is 1. The maximum atomic E-state index is 10.8. The Morgan fingerprint density at radius 2 is 2.11 bits per heavy atom. The quantitative estimate of drug-likeness (QED) is 0.879. The number of amides is 1. The summed E-state index contributed by atoms with van der Waals surface area (Å²) in [4.78, 5) is 10.8. The second kappa shape index (κ2) is 5.81. The Morgan fingerprint density at radius 3 is 2.74 bits per heavy atom. The van der Waals surface area contributed by atoms with Crippen molar-refractivity contribution >= 4 is 40.9 Å². The number of nitrogens with two attached hydrogens (primary N) is 1. The molecule has 0 saturated carbocycles. The molecule has 0 radical (unpaired) electrons. The molecule has 1 heterocycles. The van der Waals surface area contributed by atoms with E-state index in [0.717, 1.165) is 5.56 Å². The van der Waals surface area contributed by atoms with Gasteiger partial charge in [-0.1, -0.05) is 35.0 Å². The summed E-state index contributed by atoms with van der Waals surface area (Å²) in [5.74, 6) is 0.405. The van der Waals surface area contributed by atoms with Crippen LogP contribution in [0.4, 0.5) is 0 Å². The van der Waals surface area contributed by atoms with Crippen molar-refractivity contribution in [2.45, 2.75) is 5.16 Å². The van der Waals surface area contributed by atoms with E-state index in [1.807, 2.05) is 0 Å². The van der Waals surface area contributed by atoms with Gasteiger partial charge in [-0.3, -0.25) is 4.79 Å². The van der Waals surface area contributed by atoms with Crippen molar-refractivity contribution in [1.82, 2.24) is 14.8 Å². The lowest BCUT2D eigenvalue weighted by atomic mass is 10.2. The van der Waals surface area contributed by atoms with Gasteiger partial charge in [-0.2, -0.15) is 0 Å². The molecule has 19 heavy (non-hydrogen) atoms. The Hall–Kier alpha value is -1.24. The summed E-state index contributed by atoms with van der Waals surface area (Å²) in [6.45, 7) is 0. The molecular weight excluding hydrogens is 307 g/mol. The molecule has 1 aromatic heterocycles. The second-order valence-electron chi connectivity index (χ2n) is 3.75. The minimum absolute atomic E-state index is 0.160. The van der Waals surface area contributed by atoms with Crippen LogP contribution in [0.3, 0.4) is 0 Å². The lowest BCUT2D eigenvalue weighted by Crippen LogP contribution is -2.13. The molecule has 1 amide bonds. The van der Waals surface area contributed by atoms with Crippen LogP contribution in [-0.4, -0.2) is 26.4 Å². The van der Waals surface area contributed by atoms with Gasteiger partial charge in [0.25, 0.3) is 0 Å². The lowest BCUT2D eigenvalue weighted by Gasteiger charge is -2.04. The fourth-order valence-corrected chi connectivity index (χ4v) is 2.41. The standard InChI is InChI=1S/C11H10Cl2N4OS/c1-17-10(6-2-3-7(12)8(13)4-6)15-16-11(17)19-5-9(14)18/h2-4H,5H2,1H3,(H2,14,18). The Morgan fingerprint density at radius 1 is 1.37 bits per heavy atom. The highest BCUT2D eigenvalue weighted by Crippen LogP contribution is 2.28. The first-order valence-corrected chi connectivity index (χ1v) is 6.99. The summed E-state index contributed by atoms with van der Waals surface area (Å²) in [7, 11) is 1.81. The van der Waals surface area contributed by atoms with Gasteiger partial charge in [0.1, 0.15) is 0 Å². The van der Waals surface area contributed by atoms with Crippen molar-refractivity contribution in [3.63, 3.8) is 0 Å². The van der Waals surface area contributed by atoms with Crippen LogP contribution in [-0.2, 0) is 11.8 Å². The van der Waals surface area contributed by atoms with Crippen molar-refractivity contribution in [2.75, 3.05) is 5.75 Å². The monoisotopic (exact) mass is 316 g/mol. The zero-order chi connectivity index (χ0) is 14.0. The fourth-order valence-electron chi connectivity index (χ4n) is 1.46. The SMILES string of the molecule is Cn1c(SCC(N)=O)nnc1-c1ccc(Cl)c(Cl)c1. The van der Waals surface area contributed by atoms with Crippen LogP contribution in [0.15, 0.2) is 23.4 Å². The molecule has 1 aromatic carbocycles. The molecule has 0 bridgehead atoms. The van der Waals surface area contributed by atoms with E-state index >= 15 is 0 Å². The van der Waals surface area contributed by atoms with Gasteiger partial charge in [0, 0.05) is 12.6 Å². The fraction of sp³-hybridized carbons (Fsp3) is 0.182. The Kier molecular flexibility index (Phi) is 4.34. The smallest absolute Gasteiger partial charge is 0.227 e. The third kappa shape index (κ3) is 3.20. The topological polar surface area (TPSA) is 73.8 Å². The van der Waals surface area contributed by atoms with Crippen molar-refractivity contribution in [3.8, 4) is 11.4 Å². The summed E-state index contributed by atoms with van der Waals surface area (Å²) in [5, 5.41) is 9.63. The average molecular weight is 317 g/mol. The van der Waals surface area contributed by atoms with Crippen LogP contribution in [0, 0.1) is 0 Å². The maximum Gasteiger partial charge on any atom is 0.227 e. The van der Waals surface area contributed by atoms with Crippen molar-refractivity contribution in [1.29, 1.82) is 0 Å². The molecule has 2 rings (SSSR count). The Bertz CT molecular complexity index is 629. The van der Waals surface area contributed by atoms with E-state index in [1.54, 1.807) is 29.8 Å². The summed E-state index contributed by atoms with van der Waals surface area (Å²) < 4.78 is 1.77. The largest absolute Gasteiger partial charge is 0.369 e. The molecule has 0 unspecified atom stereocenters. The second-order valence-corrected chi connectivity index (χ2v) is 5.51. The third-order valence-electron chi connectivity index (χ3n) is 2.36. The van der Waals surface area contributed by atoms with E-state index in [1.165, 1.54) is 11.8 Å². The highest BCUT2D eigenvalue weighted by Gasteiger charge is 2.13. The number of nitrogens with zero attached hydrogens (tertiary/aromatic N) is 3. The van der Waals surface area contributed by atoms with Gasteiger partial charge in [0.05, 0.1) is 15.8 Å². The molecule has 0 atom stereocenters. The van der Waals surface area contributed by atoms with Gasteiger partial charge in [0.15, 0.2) is 11.0 Å². The first-order valence-electron chi connectivity index (χ1n) is 5.25. The van der Waals surface area contributed by atoms with Crippen molar-refractivity contribution < 1.29 is 4.79 Å². The minimum atomic E-state index is -0.399. The van der Waals surface area contributed by atoms with Crippen LogP contribution in [0.5, 0.6) is 0 Å². The summed E-state index contributed by atoms with van der Waals surface area (Å²) in [5.41, 5.74) is 5.90. The Labute approximate surface area is 124 Å². The predicted octanol–water partition coefficient (Wildman–Crippen LogP) is 2.37. The molecule has 8 heteroatoms. The van der Waals surface area contributed by atoms with Gasteiger partial charge in [-0.25, -0.2) is 0 Å². The van der Waals surface area contributed by atoms with Gasteiger partial charge >= 0.3 is 0 Å². The number of primary amides is 1. The van der Waals surface area contributed by atoms with E-state index in [-0.39, 0.29) is 5.75 Å². The highest BCUT2D eigenvalue weighted by molar-refractivity contribution is 7.99. The van der Waals surface area contributed by atoms with Crippen molar-refractivity contribution in [3.05, 3.63) is 28.2 Å². The van der Waals surface area contributed by atoms with Crippen LogP contribution in [0.25, 0.3) is 11.4 Å². The van der Waals surface area contributed by atoms with Crippen molar-refractivity contribution in [2.24, 2.45) is 12.8 Å². The van der Waals surface area contributed by atoms with E-state index in [4.69, 9.17) is 28.9 Å². The summed E-state index contributed by atoms with van der Waals surface area (Å²) in [6, 6.07) is 5.22. The highest BCUT2D eigenvalue weighted by atomic mass is 35.5. The summed E-state index contributed by atoms with van der Waals surface area (Å²) in [6.07, 6.45) is 0. The third-order valence-corrected chi connectivity index (χ3v) is 4.14. The minimum Gasteiger partial charge on any atom is -0.369 e. The van der Waals surface area contributed by atoms with E-state index in [0.29, 0.717) is 21.0 Å². The van der Waals surface area contributed by atoms with Crippen LogP contribution < -0.4 is 5.73 Å². The number of rotatable bonds is 4. The number of halogens is 2. The van der Waals surface area contributed by atoms with E-state index in [2.05, 4.69) is 10.2 Å². The first-order chi connectivity index (χ1) is 8.99. The lowest BCUT2D eigenvalue weighted by molar-refractivity contribution is -0.115.